The Morgan fingerprint density at radius 3 is 2.62 bits per heavy atom. The van der Waals surface area contributed by atoms with Crippen LogP contribution in [0.3, 0.4) is 0 Å². The highest BCUT2D eigenvalue weighted by Gasteiger charge is 2.52. The molecule has 1 saturated carbocycles. The first-order valence-corrected chi connectivity index (χ1v) is 8.74. The molecule has 0 atom stereocenters. The van der Waals surface area contributed by atoms with Crippen LogP contribution in [0.25, 0.3) is 10.9 Å². The van der Waals surface area contributed by atoms with Crippen LogP contribution in [-0.2, 0) is 16.8 Å². The minimum atomic E-state index is -0.407. The lowest BCUT2D eigenvalue weighted by Crippen LogP contribution is -2.34. The van der Waals surface area contributed by atoms with Gasteiger partial charge in [0, 0.05) is 23.6 Å². The third kappa shape index (κ3) is 2.69. The van der Waals surface area contributed by atoms with Crippen LogP contribution in [0.5, 0.6) is 11.5 Å². The van der Waals surface area contributed by atoms with Crippen molar-refractivity contribution < 1.29 is 14.3 Å². The Bertz CT molecular complexity index is 957. The first kappa shape index (κ1) is 16.5. The van der Waals surface area contributed by atoms with Gasteiger partial charge in [-0.3, -0.25) is 4.79 Å². The van der Waals surface area contributed by atoms with E-state index < -0.39 is 5.41 Å². The maximum Gasteiger partial charge on any atom is 0.231 e. The average molecular weight is 350 g/mol. The Kier molecular flexibility index (Phi) is 4.07. The molecule has 0 unspecified atom stereocenters. The van der Waals surface area contributed by atoms with Gasteiger partial charge in [0.05, 0.1) is 19.6 Å². The Morgan fingerprint density at radius 1 is 1.12 bits per heavy atom. The van der Waals surface area contributed by atoms with E-state index in [-0.39, 0.29) is 5.91 Å². The number of rotatable bonds is 6. The number of aromatic amines is 1. The number of H-pyrrole nitrogens is 1. The summed E-state index contributed by atoms with van der Waals surface area (Å²) in [5.41, 5.74) is 2.74. The van der Waals surface area contributed by atoms with Crippen LogP contribution in [-0.4, -0.2) is 25.1 Å². The molecule has 134 valence electrons. The Hall–Kier alpha value is -2.95. The van der Waals surface area contributed by atoms with Gasteiger partial charge in [-0.1, -0.05) is 24.3 Å². The maximum atomic E-state index is 12.9. The summed E-state index contributed by atoms with van der Waals surface area (Å²) in [6.07, 6.45) is 3.74. The predicted molar refractivity (Wildman–Crippen MR) is 101 cm³/mol. The summed E-state index contributed by atoms with van der Waals surface area (Å²) in [5.74, 6) is 1.43. The summed E-state index contributed by atoms with van der Waals surface area (Å²) < 4.78 is 10.6. The molecule has 1 heterocycles. The zero-order chi connectivity index (χ0) is 18.1. The van der Waals surface area contributed by atoms with Crippen molar-refractivity contribution in [3.8, 4) is 11.5 Å². The van der Waals surface area contributed by atoms with Crippen LogP contribution in [0.15, 0.2) is 48.7 Å². The number of methoxy groups -OCH3 is 2. The topological polar surface area (TPSA) is 63.3 Å². The van der Waals surface area contributed by atoms with E-state index >= 15 is 0 Å². The van der Waals surface area contributed by atoms with Crippen LogP contribution < -0.4 is 14.8 Å². The van der Waals surface area contributed by atoms with E-state index in [4.69, 9.17) is 9.47 Å². The fourth-order valence-electron chi connectivity index (χ4n) is 3.55. The average Bonchev–Trinajstić information content (AvgIpc) is 3.38. The number of ether oxygens (including phenoxy) is 2. The molecule has 1 aliphatic rings. The standard InChI is InChI=1S/C21H22N2O3/c1-25-18-8-7-14(11-19(18)26-2)12-23-20(24)21(9-10-21)16-13-22-17-6-4-3-5-15(16)17/h3-8,11,13,22H,9-10,12H2,1-2H3,(H,23,24). The van der Waals surface area contributed by atoms with Crippen molar-refractivity contribution in [3.05, 3.63) is 59.8 Å². The van der Waals surface area contributed by atoms with E-state index in [1.165, 1.54) is 0 Å². The fourth-order valence-corrected chi connectivity index (χ4v) is 3.55. The second kappa shape index (κ2) is 6.41. The third-order valence-electron chi connectivity index (χ3n) is 5.19. The van der Waals surface area contributed by atoms with Crippen molar-refractivity contribution in [1.82, 2.24) is 10.3 Å². The molecule has 2 aromatic carbocycles. The Labute approximate surface area is 152 Å². The SMILES string of the molecule is COc1ccc(CNC(=O)C2(c3c[nH]c4ccccc34)CC2)cc1OC. The molecular formula is C21H22N2O3. The molecule has 1 aliphatic carbocycles. The quantitative estimate of drug-likeness (QED) is 0.715. The van der Waals surface area contributed by atoms with Crippen LogP contribution in [0.4, 0.5) is 0 Å². The van der Waals surface area contributed by atoms with Gasteiger partial charge in [0.1, 0.15) is 0 Å². The maximum absolute atomic E-state index is 12.9. The minimum Gasteiger partial charge on any atom is -0.493 e. The molecule has 5 nitrogen and oxygen atoms in total. The lowest BCUT2D eigenvalue weighted by atomic mass is 9.94. The first-order chi connectivity index (χ1) is 12.7. The Morgan fingerprint density at radius 2 is 1.88 bits per heavy atom. The minimum absolute atomic E-state index is 0.0806. The Balaban J connectivity index is 1.52. The number of carbonyl (C=O) groups is 1. The van der Waals surface area contributed by atoms with Gasteiger partial charge in [-0.15, -0.1) is 0 Å². The number of benzene rings is 2. The lowest BCUT2D eigenvalue weighted by Gasteiger charge is -2.16. The van der Waals surface area contributed by atoms with Crippen molar-refractivity contribution >= 4 is 16.8 Å². The van der Waals surface area contributed by atoms with E-state index in [2.05, 4.69) is 16.4 Å². The smallest absolute Gasteiger partial charge is 0.231 e. The molecule has 0 aliphatic heterocycles. The van der Waals surface area contributed by atoms with E-state index in [0.717, 1.165) is 34.9 Å². The molecule has 26 heavy (non-hydrogen) atoms. The molecule has 3 aromatic rings. The van der Waals surface area contributed by atoms with Crippen molar-refractivity contribution in [2.45, 2.75) is 24.8 Å². The number of hydrogen-bond acceptors (Lipinski definition) is 3. The number of nitrogens with one attached hydrogen (secondary N) is 2. The largest absolute Gasteiger partial charge is 0.493 e. The van der Waals surface area contributed by atoms with Crippen LogP contribution in [0.1, 0.15) is 24.0 Å². The van der Waals surface area contributed by atoms with Crippen LogP contribution >= 0.6 is 0 Å². The fraction of sp³-hybridized carbons (Fsp3) is 0.286. The summed E-state index contributed by atoms with van der Waals surface area (Å²) in [4.78, 5) is 16.2. The summed E-state index contributed by atoms with van der Waals surface area (Å²) in [6.45, 7) is 0.462. The molecule has 1 fully saturated rings. The molecular weight excluding hydrogens is 328 g/mol. The van der Waals surface area contributed by atoms with Crippen LogP contribution in [0, 0.1) is 0 Å². The summed E-state index contributed by atoms with van der Waals surface area (Å²) >= 11 is 0. The number of carbonyl (C=O) groups excluding carboxylic acids is 1. The second-order valence-electron chi connectivity index (χ2n) is 6.70. The van der Waals surface area contributed by atoms with Gasteiger partial charge >= 0.3 is 0 Å². The number of aromatic nitrogens is 1. The van der Waals surface area contributed by atoms with E-state index in [0.29, 0.717) is 18.0 Å². The number of hydrogen-bond donors (Lipinski definition) is 2. The zero-order valence-electron chi connectivity index (χ0n) is 15.0. The van der Waals surface area contributed by atoms with Crippen molar-refractivity contribution in [1.29, 1.82) is 0 Å². The molecule has 0 bridgehead atoms. The van der Waals surface area contributed by atoms with Crippen molar-refractivity contribution in [3.63, 3.8) is 0 Å². The van der Waals surface area contributed by atoms with Gasteiger partial charge in [0.2, 0.25) is 5.91 Å². The van der Waals surface area contributed by atoms with Gasteiger partial charge in [0.25, 0.3) is 0 Å². The van der Waals surface area contributed by atoms with Gasteiger partial charge in [0.15, 0.2) is 11.5 Å². The third-order valence-corrected chi connectivity index (χ3v) is 5.19. The molecule has 1 aromatic heterocycles. The molecule has 2 N–H and O–H groups in total. The summed E-state index contributed by atoms with van der Waals surface area (Å²) in [6, 6.07) is 13.8. The van der Waals surface area contributed by atoms with E-state index in [1.807, 2.05) is 42.6 Å². The van der Waals surface area contributed by atoms with Gasteiger partial charge < -0.3 is 19.8 Å². The van der Waals surface area contributed by atoms with E-state index in [1.54, 1.807) is 14.2 Å². The van der Waals surface area contributed by atoms with E-state index in [9.17, 15) is 4.79 Å². The molecule has 0 saturated heterocycles. The van der Waals surface area contributed by atoms with Crippen molar-refractivity contribution in [2.24, 2.45) is 0 Å². The molecule has 4 rings (SSSR count). The van der Waals surface area contributed by atoms with Crippen molar-refractivity contribution in [2.75, 3.05) is 14.2 Å². The molecule has 1 amide bonds. The predicted octanol–water partition coefficient (Wildman–Crippen LogP) is 3.53. The number of fused-ring (bicyclic) bond motifs is 1. The van der Waals surface area contributed by atoms with Crippen LogP contribution in [0.2, 0.25) is 0 Å². The second-order valence-corrected chi connectivity index (χ2v) is 6.70. The molecule has 0 radical (unpaired) electrons. The van der Waals surface area contributed by atoms with Gasteiger partial charge in [-0.2, -0.15) is 0 Å². The highest BCUT2D eigenvalue weighted by atomic mass is 16.5. The molecule has 0 spiro atoms. The van der Waals surface area contributed by atoms with Gasteiger partial charge in [-0.05, 0) is 42.2 Å². The summed E-state index contributed by atoms with van der Waals surface area (Å²) in [7, 11) is 3.22. The highest BCUT2D eigenvalue weighted by molar-refractivity contribution is 5.97. The number of amides is 1. The number of para-hydroxylation sites is 1. The lowest BCUT2D eigenvalue weighted by molar-refractivity contribution is -0.123. The monoisotopic (exact) mass is 350 g/mol. The molecule has 5 heteroatoms. The first-order valence-electron chi connectivity index (χ1n) is 8.74. The summed E-state index contributed by atoms with van der Waals surface area (Å²) in [5, 5.41) is 4.23. The highest BCUT2D eigenvalue weighted by Crippen LogP contribution is 2.50. The zero-order valence-corrected chi connectivity index (χ0v) is 15.0. The van der Waals surface area contributed by atoms with Gasteiger partial charge in [-0.25, -0.2) is 0 Å². The normalized spacial score (nSPS) is 14.8.